The van der Waals surface area contributed by atoms with Crippen molar-refractivity contribution in [2.24, 2.45) is 22.7 Å². The average Bonchev–Trinajstić information content (AvgIpc) is 2.88. The van der Waals surface area contributed by atoms with Crippen LogP contribution in [-0.2, 0) is 14.3 Å². The summed E-state index contributed by atoms with van der Waals surface area (Å²) in [7, 11) is 0. The van der Waals surface area contributed by atoms with E-state index in [4.69, 9.17) is 4.74 Å². The first-order valence-electron chi connectivity index (χ1n) is 8.84. The van der Waals surface area contributed by atoms with Crippen molar-refractivity contribution in [1.29, 1.82) is 0 Å². The molecule has 3 nitrogen and oxygen atoms in total. The van der Waals surface area contributed by atoms with E-state index in [1.807, 2.05) is 6.08 Å². The van der Waals surface area contributed by atoms with Gasteiger partial charge in [0.1, 0.15) is 12.4 Å². The van der Waals surface area contributed by atoms with Gasteiger partial charge in [0.2, 0.25) is 0 Å². The topological polar surface area (TPSA) is 43.4 Å². The Morgan fingerprint density at radius 3 is 2.65 bits per heavy atom. The molecule has 2 saturated carbocycles. The van der Waals surface area contributed by atoms with Gasteiger partial charge < -0.3 is 4.74 Å². The maximum atomic E-state index is 12.4. The molecule has 0 unspecified atom stereocenters. The number of carbonyl (C=O) groups excluding carboxylic acids is 2. The van der Waals surface area contributed by atoms with E-state index in [1.165, 1.54) is 5.57 Å². The van der Waals surface area contributed by atoms with Crippen LogP contribution in [0.15, 0.2) is 23.8 Å². The fourth-order valence-corrected chi connectivity index (χ4v) is 5.41. The second-order valence-electron chi connectivity index (χ2n) is 8.32. The molecule has 126 valence electrons. The Balaban J connectivity index is 1.82. The number of ketones is 1. The van der Waals surface area contributed by atoms with Crippen LogP contribution in [0.5, 0.6) is 0 Å². The molecule has 0 aromatic heterocycles. The quantitative estimate of drug-likeness (QED) is 0.578. The minimum Gasteiger partial charge on any atom is -0.458 e. The lowest BCUT2D eigenvalue weighted by Crippen LogP contribution is -2.53. The predicted molar refractivity (Wildman–Crippen MR) is 89.8 cm³/mol. The standard InChI is InChI=1S/C20H28O3/c1-13-5-8-16-19(2,3)17(21)9-11-20(16,4)15(13)7-6-14-10-12-23-18(14)22/h10,15-16H,1,5-9,11-12H2,2-4H3/t15-,16-,20+/m1/s1. The minimum absolute atomic E-state index is 0.121. The molecule has 0 aromatic carbocycles. The lowest BCUT2D eigenvalue weighted by Gasteiger charge is -2.57. The van der Waals surface area contributed by atoms with E-state index in [0.717, 1.165) is 37.7 Å². The molecule has 3 rings (SSSR count). The Hall–Kier alpha value is -1.38. The zero-order chi connectivity index (χ0) is 16.8. The highest BCUT2D eigenvalue weighted by Gasteiger charge is 2.55. The average molecular weight is 316 g/mol. The Morgan fingerprint density at radius 1 is 1.26 bits per heavy atom. The Labute approximate surface area is 139 Å². The third kappa shape index (κ3) is 2.58. The number of hydrogen-bond acceptors (Lipinski definition) is 3. The number of cyclic esters (lactones) is 1. The fraction of sp³-hybridized carbons (Fsp3) is 0.700. The Kier molecular flexibility index (Phi) is 4.02. The first-order valence-corrected chi connectivity index (χ1v) is 8.84. The van der Waals surface area contributed by atoms with Gasteiger partial charge in [-0.05, 0) is 55.4 Å². The number of rotatable bonds is 3. The molecular weight excluding hydrogens is 288 g/mol. The lowest BCUT2D eigenvalue weighted by atomic mass is 9.47. The van der Waals surface area contributed by atoms with E-state index in [1.54, 1.807) is 0 Å². The zero-order valence-electron chi connectivity index (χ0n) is 14.6. The van der Waals surface area contributed by atoms with Gasteiger partial charge in [0.15, 0.2) is 0 Å². The first-order chi connectivity index (χ1) is 10.8. The van der Waals surface area contributed by atoms with E-state index < -0.39 is 0 Å². The number of esters is 1. The molecule has 0 bridgehead atoms. The van der Waals surface area contributed by atoms with Gasteiger partial charge in [-0.2, -0.15) is 0 Å². The summed E-state index contributed by atoms with van der Waals surface area (Å²) in [5, 5.41) is 0. The summed E-state index contributed by atoms with van der Waals surface area (Å²) in [5.74, 6) is 1.06. The van der Waals surface area contributed by atoms with Crippen molar-refractivity contribution in [1.82, 2.24) is 0 Å². The molecule has 0 N–H and O–H groups in total. The van der Waals surface area contributed by atoms with E-state index in [2.05, 4.69) is 27.4 Å². The highest BCUT2D eigenvalue weighted by molar-refractivity contribution is 5.90. The molecule has 23 heavy (non-hydrogen) atoms. The van der Waals surface area contributed by atoms with Crippen molar-refractivity contribution >= 4 is 11.8 Å². The Bertz CT molecular complexity index is 584. The summed E-state index contributed by atoms with van der Waals surface area (Å²) in [6.45, 7) is 11.4. The molecule has 2 aliphatic carbocycles. The van der Waals surface area contributed by atoms with Gasteiger partial charge in [-0.15, -0.1) is 0 Å². The largest absolute Gasteiger partial charge is 0.458 e. The van der Waals surface area contributed by atoms with Crippen LogP contribution in [0.2, 0.25) is 0 Å². The second-order valence-corrected chi connectivity index (χ2v) is 8.32. The third-order valence-electron chi connectivity index (χ3n) is 6.83. The smallest absolute Gasteiger partial charge is 0.334 e. The van der Waals surface area contributed by atoms with E-state index >= 15 is 0 Å². The summed E-state index contributed by atoms with van der Waals surface area (Å²) in [6, 6.07) is 0. The monoisotopic (exact) mass is 316 g/mol. The van der Waals surface area contributed by atoms with E-state index in [9.17, 15) is 9.59 Å². The fourth-order valence-electron chi connectivity index (χ4n) is 5.41. The van der Waals surface area contributed by atoms with Crippen molar-refractivity contribution in [3.05, 3.63) is 23.8 Å². The highest BCUT2D eigenvalue weighted by atomic mass is 16.5. The summed E-state index contributed by atoms with van der Waals surface area (Å²) < 4.78 is 5.01. The van der Waals surface area contributed by atoms with Crippen LogP contribution in [0.4, 0.5) is 0 Å². The summed E-state index contributed by atoms with van der Waals surface area (Å²) in [6.07, 6.45) is 7.31. The zero-order valence-corrected chi connectivity index (χ0v) is 14.6. The SMILES string of the molecule is C=C1CC[C@@H]2C(C)(C)C(=O)CC[C@@]2(C)[C@@H]1CCC1=CCOC1=O. The lowest BCUT2D eigenvalue weighted by molar-refractivity contribution is -0.144. The number of hydrogen-bond donors (Lipinski definition) is 0. The van der Waals surface area contributed by atoms with Crippen LogP contribution in [0.25, 0.3) is 0 Å². The summed E-state index contributed by atoms with van der Waals surface area (Å²) >= 11 is 0. The summed E-state index contributed by atoms with van der Waals surface area (Å²) in [5.41, 5.74) is 2.00. The number of Topliss-reactive ketones (excluding diaryl/α,β-unsaturated/α-hetero) is 1. The molecule has 3 heteroatoms. The molecule has 0 saturated heterocycles. The number of allylic oxidation sites excluding steroid dienone is 1. The molecular formula is C20H28O3. The molecule has 0 amide bonds. The van der Waals surface area contributed by atoms with Gasteiger partial charge in [-0.25, -0.2) is 4.79 Å². The molecule has 1 aliphatic heterocycles. The normalized spacial score (nSPS) is 36.5. The van der Waals surface area contributed by atoms with Crippen LogP contribution in [0.1, 0.15) is 59.3 Å². The van der Waals surface area contributed by atoms with Gasteiger partial charge in [0, 0.05) is 17.4 Å². The maximum Gasteiger partial charge on any atom is 0.334 e. The number of ether oxygens (including phenoxy) is 1. The van der Waals surface area contributed by atoms with Gasteiger partial charge in [0.25, 0.3) is 0 Å². The number of carbonyl (C=O) groups is 2. The van der Waals surface area contributed by atoms with Crippen molar-refractivity contribution in [2.45, 2.75) is 59.3 Å². The Morgan fingerprint density at radius 2 is 2.00 bits per heavy atom. The minimum atomic E-state index is -0.239. The van der Waals surface area contributed by atoms with Crippen molar-refractivity contribution in [2.75, 3.05) is 6.61 Å². The molecule has 3 atom stereocenters. The summed E-state index contributed by atoms with van der Waals surface area (Å²) in [4.78, 5) is 24.1. The van der Waals surface area contributed by atoms with Crippen molar-refractivity contribution in [3.63, 3.8) is 0 Å². The maximum absolute atomic E-state index is 12.4. The molecule has 1 heterocycles. The van der Waals surface area contributed by atoms with Gasteiger partial charge >= 0.3 is 5.97 Å². The van der Waals surface area contributed by atoms with Gasteiger partial charge in [-0.1, -0.05) is 32.9 Å². The molecule has 0 spiro atoms. The van der Waals surface area contributed by atoms with Crippen LogP contribution in [0, 0.1) is 22.7 Å². The first kappa shape index (κ1) is 16.5. The van der Waals surface area contributed by atoms with E-state index in [-0.39, 0.29) is 16.8 Å². The molecule has 0 radical (unpaired) electrons. The van der Waals surface area contributed by atoms with Gasteiger partial charge in [0.05, 0.1) is 0 Å². The third-order valence-corrected chi connectivity index (χ3v) is 6.83. The van der Waals surface area contributed by atoms with Crippen LogP contribution < -0.4 is 0 Å². The highest BCUT2D eigenvalue weighted by Crippen LogP contribution is 2.60. The van der Waals surface area contributed by atoms with Gasteiger partial charge in [-0.3, -0.25) is 4.79 Å². The van der Waals surface area contributed by atoms with Crippen molar-refractivity contribution in [3.8, 4) is 0 Å². The molecule has 2 fully saturated rings. The van der Waals surface area contributed by atoms with Crippen LogP contribution in [0.3, 0.4) is 0 Å². The molecule has 0 aromatic rings. The number of fused-ring (bicyclic) bond motifs is 1. The molecule has 3 aliphatic rings. The van der Waals surface area contributed by atoms with Crippen LogP contribution >= 0.6 is 0 Å². The second kappa shape index (κ2) is 5.61. The van der Waals surface area contributed by atoms with Crippen LogP contribution in [-0.4, -0.2) is 18.4 Å². The van der Waals surface area contributed by atoms with Crippen molar-refractivity contribution < 1.29 is 14.3 Å². The van der Waals surface area contributed by atoms with E-state index in [0.29, 0.717) is 30.6 Å². The predicted octanol–water partition coefficient (Wildman–Crippen LogP) is 4.23.